The van der Waals surface area contributed by atoms with Gasteiger partial charge in [-0.25, -0.2) is 0 Å². The number of benzene rings is 1. The molecule has 1 saturated carbocycles. The van der Waals surface area contributed by atoms with Crippen LogP contribution in [0.1, 0.15) is 31.7 Å². The van der Waals surface area contributed by atoms with Gasteiger partial charge in [0.1, 0.15) is 0 Å². The first kappa shape index (κ1) is 13.1. The van der Waals surface area contributed by atoms with E-state index < -0.39 is 0 Å². The summed E-state index contributed by atoms with van der Waals surface area (Å²) in [5.74, 6) is -0.0861. The molecule has 0 bridgehead atoms. The molecule has 0 radical (unpaired) electrons. The monoisotopic (exact) mass is 248 g/mol. The summed E-state index contributed by atoms with van der Waals surface area (Å²) in [6, 6.07) is 9.91. The zero-order chi connectivity index (χ0) is 13.0. The molecule has 1 aromatic carbocycles. The quantitative estimate of drug-likeness (QED) is 0.726. The maximum atomic E-state index is 12.1. The predicted octanol–water partition coefficient (Wildman–Crippen LogP) is 2.69. The summed E-state index contributed by atoms with van der Waals surface area (Å²) in [7, 11) is 1.67. The summed E-state index contributed by atoms with van der Waals surface area (Å²) in [5, 5.41) is 0. The molecule has 18 heavy (non-hydrogen) atoms. The molecule has 0 aliphatic heterocycles. The van der Waals surface area contributed by atoms with Crippen LogP contribution in [0.2, 0.25) is 0 Å². The smallest absolute Gasteiger partial charge is 0.316 e. The van der Waals surface area contributed by atoms with Crippen LogP contribution in [0.5, 0.6) is 0 Å². The normalized spacial score (nSPS) is 18.1. The van der Waals surface area contributed by atoms with Gasteiger partial charge in [0.05, 0.1) is 18.1 Å². The molecule has 3 nitrogen and oxygen atoms in total. The lowest BCUT2D eigenvalue weighted by molar-refractivity contribution is -0.147. The van der Waals surface area contributed by atoms with Crippen molar-refractivity contribution >= 4 is 5.97 Å². The summed E-state index contributed by atoms with van der Waals surface area (Å²) in [6.45, 7) is 2.40. The molecule has 0 N–H and O–H groups in total. The SMILES string of the molecule is CO[C@@H](C)CCOC(=O)C1(c2ccccc2)CC1. The fourth-order valence-electron chi connectivity index (χ4n) is 2.07. The van der Waals surface area contributed by atoms with E-state index in [-0.39, 0.29) is 17.5 Å². The van der Waals surface area contributed by atoms with Gasteiger partial charge in [-0.05, 0) is 25.3 Å². The van der Waals surface area contributed by atoms with Crippen LogP contribution in [0.3, 0.4) is 0 Å². The molecule has 0 amide bonds. The predicted molar refractivity (Wildman–Crippen MR) is 69.4 cm³/mol. The molecule has 98 valence electrons. The first-order valence-electron chi connectivity index (χ1n) is 6.44. The van der Waals surface area contributed by atoms with Gasteiger partial charge in [0.25, 0.3) is 0 Å². The number of carbonyl (C=O) groups excluding carboxylic acids is 1. The van der Waals surface area contributed by atoms with Gasteiger partial charge in [0.2, 0.25) is 0 Å². The van der Waals surface area contributed by atoms with Crippen LogP contribution >= 0.6 is 0 Å². The number of hydrogen-bond donors (Lipinski definition) is 0. The second kappa shape index (κ2) is 5.53. The molecule has 0 saturated heterocycles. The van der Waals surface area contributed by atoms with Crippen molar-refractivity contribution in [2.24, 2.45) is 0 Å². The maximum Gasteiger partial charge on any atom is 0.316 e. The Labute approximate surface area is 108 Å². The van der Waals surface area contributed by atoms with Gasteiger partial charge in [-0.1, -0.05) is 30.3 Å². The topological polar surface area (TPSA) is 35.5 Å². The second-order valence-corrected chi connectivity index (χ2v) is 4.92. The van der Waals surface area contributed by atoms with Crippen molar-refractivity contribution in [3.63, 3.8) is 0 Å². The fourth-order valence-corrected chi connectivity index (χ4v) is 2.07. The third-order valence-corrected chi connectivity index (χ3v) is 3.63. The van der Waals surface area contributed by atoms with Crippen molar-refractivity contribution in [3.05, 3.63) is 35.9 Å². The minimum Gasteiger partial charge on any atom is -0.465 e. The van der Waals surface area contributed by atoms with Crippen molar-refractivity contribution in [1.29, 1.82) is 0 Å². The van der Waals surface area contributed by atoms with Crippen LogP contribution in [0, 0.1) is 0 Å². The number of ether oxygens (including phenoxy) is 2. The fraction of sp³-hybridized carbons (Fsp3) is 0.533. The molecule has 1 atom stereocenters. The summed E-state index contributed by atoms with van der Waals surface area (Å²) in [6.07, 6.45) is 2.67. The summed E-state index contributed by atoms with van der Waals surface area (Å²) in [4.78, 5) is 12.1. The van der Waals surface area contributed by atoms with E-state index in [0.717, 1.165) is 24.8 Å². The molecular formula is C15H20O3. The highest BCUT2D eigenvalue weighted by atomic mass is 16.5. The molecule has 0 unspecified atom stereocenters. The van der Waals surface area contributed by atoms with E-state index in [4.69, 9.17) is 9.47 Å². The second-order valence-electron chi connectivity index (χ2n) is 4.92. The Kier molecular flexibility index (Phi) is 4.02. The van der Waals surface area contributed by atoms with Crippen molar-refractivity contribution in [2.45, 2.75) is 37.7 Å². The zero-order valence-electron chi connectivity index (χ0n) is 11.0. The first-order valence-corrected chi connectivity index (χ1v) is 6.44. The minimum absolute atomic E-state index is 0.0861. The van der Waals surface area contributed by atoms with Crippen LogP contribution in [-0.2, 0) is 19.7 Å². The highest BCUT2D eigenvalue weighted by molar-refractivity contribution is 5.86. The highest BCUT2D eigenvalue weighted by Crippen LogP contribution is 2.49. The molecule has 3 heteroatoms. The Morgan fingerprint density at radius 2 is 2.00 bits per heavy atom. The van der Waals surface area contributed by atoms with Crippen molar-refractivity contribution in [3.8, 4) is 0 Å². The summed E-state index contributed by atoms with van der Waals surface area (Å²) in [5.41, 5.74) is 0.715. The third kappa shape index (κ3) is 2.72. The van der Waals surface area contributed by atoms with E-state index in [1.54, 1.807) is 7.11 Å². The molecule has 1 fully saturated rings. The standard InChI is InChI=1S/C15H20O3/c1-12(17-2)8-11-18-14(16)15(9-10-15)13-6-4-3-5-7-13/h3-7,12H,8-11H2,1-2H3/t12-/m0/s1. The Balaban J connectivity index is 1.90. The lowest BCUT2D eigenvalue weighted by Crippen LogP contribution is -2.24. The van der Waals surface area contributed by atoms with Gasteiger partial charge in [-0.15, -0.1) is 0 Å². The molecule has 1 aliphatic rings. The zero-order valence-corrected chi connectivity index (χ0v) is 11.0. The van der Waals surface area contributed by atoms with Crippen molar-refractivity contribution in [2.75, 3.05) is 13.7 Å². The third-order valence-electron chi connectivity index (χ3n) is 3.63. The molecule has 0 aromatic heterocycles. The van der Waals surface area contributed by atoms with E-state index in [9.17, 15) is 4.79 Å². The number of carbonyl (C=O) groups is 1. The summed E-state index contributed by atoms with van der Waals surface area (Å²) >= 11 is 0. The van der Waals surface area contributed by atoms with Gasteiger partial charge >= 0.3 is 5.97 Å². The lowest BCUT2D eigenvalue weighted by atomic mass is 9.96. The molecule has 0 heterocycles. The number of hydrogen-bond acceptors (Lipinski definition) is 3. The van der Waals surface area contributed by atoms with Gasteiger partial charge in [0.15, 0.2) is 0 Å². The van der Waals surface area contributed by atoms with E-state index in [0.29, 0.717) is 6.61 Å². The Morgan fingerprint density at radius 1 is 1.33 bits per heavy atom. The first-order chi connectivity index (χ1) is 8.69. The number of methoxy groups -OCH3 is 1. The highest BCUT2D eigenvalue weighted by Gasteiger charge is 2.52. The largest absolute Gasteiger partial charge is 0.465 e. The number of esters is 1. The van der Waals surface area contributed by atoms with E-state index >= 15 is 0 Å². The van der Waals surface area contributed by atoms with E-state index in [1.807, 2.05) is 37.3 Å². The van der Waals surface area contributed by atoms with E-state index in [1.165, 1.54) is 0 Å². The number of rotatable bonds is 6. The van der Waals surface area contributed by atoms with Crippen molar-refractivity contribution in [1.82, 2.24) is 0 Å². The molecule has 1 aliphatic carbocycles. The average molecular weight is 248 g/mol. The lowest BCUT2D eigenvalue weighted by Gasteiger charge is -2.16. The van der Waals surface area contributed by atoms with Crippen LogP contribution in [0.4, 0.5) is 0 Å². The van der Waals surface area contributed by atoms with Crippen molar-refractivity contribution < 1.29 is 14.3 Å². The molecule has 1 aromatic rings. The van der Waals surface area contributed by atoms with Crippen LogP contribution in [0.25, 0.3) is 0 Å². The van der Waals surface area contributed by atoms with Crippen LogP contribution < -0.4 is 0 Å². The average Bonchev–Trinajstić information content (AvgIpc) is 3.21. The van der Waals surface area contributed by atoms with Crippen LogP contribution in [-0.4, -0.2) is 25.8 Å². The van der Waals surface area contributed by atoms with Gasteiger partial charge in [-0.3, -0.25) is 4.79 Å². The van der Waals surface area contributed by atoms with E-state index in [2.05, 4.69) is 0 Å². The van der Waals surface area contributed by atoms with Gasteiger partial charge < -0.3 is 9.47 Å². The maximum absolute atomic E-state index is 12.1. The minimum atomic E-state index is -0.364. The summed E-state index contributed by atoms with van der Waals surface area (Å²) < 4.78 is 10.5. The van der Waals surface area contributed by atoms with Gasteiger partial charge in [0, 0.05) is 13.5 Å². The van der Waals surface area contributed by atoms with Gasteiger partial charge in [-0.2, -0.15) is 0 Å². The Hall–Kier alpha value is -1.35. The molecule has 0 spiro atoms. The molecular weight excluding hydrogens is 228 g/mol. The Morgan fingerprint density at radius 3 is 2.56 bits per heavy atom. The Bertz CT molecular complexity index is 395. The molecule has 2 rings (SSSR count). The van der Waals surface area contributed by atoms with Crippen LogP contribution in [0.15, 0.2) is 30.3 Å².